The van der Waals surface area contributed by atoms with Gasteiger partial charge in [-0.3, -0.25) is 4.79 Å². The second kappa shape index (κ2) is 4.83. The third-order valence-corrected chi connectivity index (χ3v) is 1.91. The van der Waals surface area contributed by atoms with Crippen LogP contribution in [0, 0.1) is 0 Å². The molecular weight excluding hydrogens is 219 g/mol. The summed E-state index contributed by atoms with van der Waals surface area (Å²) < 4.78 is 38.0. The van der Waals surface area contributed by atoms with Gasteiger partial charge < -0.3 is 5.32 Å². The van der Waals surface area contributed by atoms with E-state index in [1.807, 2.05) is 0 Å². The van der Waals surface area contributed by atoms with Crippen LogP contribution in [-0.4, -0.2) is 12.6 Å². The fourth-order valence-electron chi connectivity index (χ4n) is 1.09. The minimum atomic E-state index is -3.53. The number of nitrogens with one attached hydrogen (secondary N) is 1. The van der Waals surface area contributed by atoms with Gasteiger partial charge in [0.15, 0.2) is 6.67 Å². The lowest BCUT2D eigenvalue weighted by Gasteiger charge is -2.13. The van der Waals surface area contributed by atoms with E-state index in [0.717, 1.165) is 18.2 Å². The number of alkyl halides is 3. The first kappa shape index (κ1) is 12.3. The molecule has 86 valence electrons. The highest BCUT2D eigenvalue weighted by Gasteiger charge is 2.31. The molecular formula is C11H10F3NO. The molecule has 0 saturated heterocycles. The maximum Gasteiger partial charge on any atom is 0.301 e. The first-order chi connectivity index (χ1) is 7.49. The van der Waals surface area contributed by atoms with Crippen molar-refractivity contribution in [2.24, 2.45) is 0 Å². The minimum absolute atomic E-state index is 0.176. The van der Waals surface area contributed by atoms with Gasteiger partial charge in [-0.2, -0.15) is 8.78 Å². The van der Waals surface area contributed by atoms with E-state index in [9.17, 15) is 18.0 Å². The highest BCUT2D eigenvalue weighted by molar-refractivity contribution is 5.98. The molecule has 0 aromatic heterocycles. The number of rotatable bonds is 4. The Morgan fingerprint density at radius 2 is 2.19 bits per heavy atom. The molecule has 0 bridgehead atoms. The van der Waals surface area contributed by atoms with E-state index >= 15 is 0 Å². The van der Waals surface area contributed by atoms with E-state index in [4.69, 9.17) is 0 Å². The summed E-state index contributed by atoms with van der Waals surface area (Å²) >= 11 is 0. The minimum Gasteiger partial charge on any atom is -0.323 e. The Kier molecular flexibility index (Phi) is 3.71. The Bertz CT molecular complexity index is 404. The van der Waals surface area contributed by atoms with Gasteiger partial charge in [-0.15, -0.1) is 0 Å². The first-order valence-corrected chi connectivity index (χ1v) is 4.47. The molecule has 0 aliphatic heterocycles. The molecule has 0 atom stereocenters. The summed E-state index contributed by atoms with van der Waals surface area (Å²) in [5.74, 6) is -4.05. The van der Waals surface area contributed by atoms with Crippen LogP contribution in [-0.2, 0) is 10.7 Å². The molecule has 0 spiro atoms. The van der Waals surface area contributed by atoms with Gasteiger partial charge in [-0.05, 0) is 18.2 Å². The Morgan fingerprint density at radius 1 is 1.50 bits per heavy atom. The molecule has 16 heavy (non-hydrogen) atoms. The van der Waals surface area contributed by atoms with Crippen LogP contribution in [0.2, 0.25) is 0 Å². The van der Waals surface area contributed by atoms with Crippen molar-refractivity contribution in [2.45, 2.75) is 5.92 Å². The Balaban J connectivity index is 2.95. The molecule has 0 heterocycles. The Morgan fingerprint density at radius 3 is 2.75 bits per heavy atom. The molecule has 0 unspecified atom stereocenters. The molecule has 1 aromatic rings. The molecule has 5 heteroatoms. The summed E-state index contributed by atoms with van der Waals surface area (Å²) in [6.45, 7) is 1.45. The van der Waals surface area contributed by atoms with E-state index in [0.29, 0.717) is 0 Å². The summed E-state index contributed by atoms with van der Waals surface area (Å²) in [7, 11) is 0. The highest BCUT2D eigenvalue weighted by atomic mass is 19.3. The van der Waals surface area contributed by atoms with Gasteiger partial charge in [0.05, 0.1) is 0 Å². The Hall–Kier alpha value is -1.78. The molecule has 0 aliphatic carbocycles. The Labute approximate surface area is 90.8 Å². The van der Waals surface area contributed by atoms with Gasteiger partial charge in [0.1, 0.15) is 0 Å². The third-order valence-electron chi connectivity index (χ3n) is 1.91. The molecule has 0 saturated carbocycles. The summed E-state index contributed by atoms with van der Waals surface area (Å²) in [4.78, 5) is 10.9. The predicted octanol–water partition coefficient (Wildman–Crippen LogP) is 2.87. The SMILES string of the molecule is C=CC(=O)Nc1cccc(C(F)(F)CF)c1. The van der Waals surface area contributed by atoms with Crippen molar-refractivity contribution in [3.05, 3.63) is 42.5 Å². The van der Waals surface area contributed by atoms with Crippen molar-refractivity contribution in [1.82, 2.24) is 0 Å². The summed E-state index contributed by atoms with van der Waals surface area (Å²) in [5, 5.41) is 2.32. The van der Waals surface area contributed by atoms with Crippen LogP contribution in [0.1, 0.15) is 5.56 Å². The van der Waals surface area contributed by atoms with Crippen molar-refractivity contribution in [3.8, 4) is 0 Å². The lowest BCUT2D eigenvalue weighted by molar-refractivity contribution is -0.111. The maximum absolute atomic E-state index is 13.0. The first-order valence-electron chi connectivity index (χ1n) is 4.47. The number of halogens is 3. The van der Waals surface area contributed by atoms with Crippen LogP contribution in [0.3, 0.4) is 0 Å². The molecule has 0 fully saturated rings. The lowest BCUT2D eigenvalue weighted by atomic mass is 10.1. The zero-order valence-electron chi connectivity index (χ0n) is 8.34. The smallest absolute Gasteiger partial charge is 0.301 e. The number of carbonyl (C=O) groups excluding carboxylic acids is 1. The number of carbonyl (C=O) groups is 1. The van der Waals surface area contributed by atoms with Crippen LogP contribution >= 0.6 is 0 Å². The quantitative estimate of drug-likeness (QED) is 0.790. The maximum atomic E-state index is 13.0. The van der Waals surface area contributed by atoms with Crippen molar-refractivity contribution in [3.63, 3.8) is 0 Å². The number of amides is 1. The van der Waals surface area contributed by atoms with Crippen LogP contribution in [0.4, 0.5) is 18.9 Å². The number of anilines is 1. The van der Waals surface area contributed by atoms with E-state index in [-0.39, 0.29) is 5.69 Å². The lowest BCUT2D eigenvalue weighted by Crippen LogP contribution is -2.16. The molecule has 1 amide bonds. The van der Waals surface area contributed by atoms with Gasteiger partial charge >= 0.3 is 5.92 Å². The average molecular weight is 229 g/mol. The van der Waals surface area contributed by atoms with Crippen molar-refractivity contribution < 1.29 is 18.0 Å². The zero-order valence-corrected chi connectivity index (χ0v) is 8.34. The van der Waals surface area contributed by atoms with Crippen LogP contribution < -0.4 is 5.32 Å². The second-order valence-electron chi connectivity index (χ2n) is 3.11. The standard InChI is InChI=1S/C11H10F3NO/c1-2-10(16)15-9-5-3-4-8(6-9)11(13,14)7-12/h2-6H,1,7H2,(H,15,16). The van der Waals surface area contributed by atoms with Crippen molar-refractivity contribution in [2.75, 3.05) is 12.0 Å². The second-order valence-corrected chi connectivity index (χ2v) is 3.11. The van der Waals surface area contributed by atoms with E-state index in [2.05, 4.69) is 11.9 Å². The van der Waals surface area contributed by atoms with Gasteiger partial charge in [0, 0.05) is 11.3 Å². The van der Waals surface area contributed by atoms with Gasteiger partial charge in [-0.25, -0.2) is 4.39 Å². The summed E-state index contributed by atoms with van der Waals surface area (Å²) in [6, 6.07) is 4.88. The molecule has 2 nitrogen and oxygen atoms in total. The summed E-state index contributed by atoms with van der Waals surface area (Å²) in [6.07, 6.45) is 1.01. The van der Waals surface area contributed by atoms with E-state index in [1.165, 1.54) is 12.1 Å². The highest BCUT2D eigenvalue weighted by Crippen LogP contribution is 2.29. The fourth-order valence-corrected chi connectivity index (χ4v) is 1.09. The number of hydrogen-bond donors (Lipinski definition) is 1. The van der Waals surface area contributed by atoms with Crippen molar-refractivity contribution in [1.29, 1.82) is 0 Å². The molecule has 0 aliphatic rings. The molecule has 1 aromatic carbocycles. The van der Waals surface area contributed by atoms with Gasteiger partial charge in [0.2, 0.25) is 5.91 Å². The monoisotopic (exact) mass is 229 g/mol. The van der Waals surface area contributed by atoms with E-state index in [1.54, 1.807) is 0 Å². The van der Waals surface area contributed by atoms with Crippen LogP contribution in [0.15, 0.2) is 36.9 Å². The van der Waals surface area contributed by atoms with Gasteiger partial charge in [-0.1, -0.05) is 18.7 Å². The topological polar surface area (TPSA) is 29.1 Å². The number of hydrogen-bond acceptors (Lipinski definition) is 1. The predicted molar refractivity (Wildman–Crippen MR) is 55.1 cm³/mol. The van der Waals surface area contributed by atoms with E-state index < -0.39 is 24.1 Å². The van der Waals surface area contributed by atoms with Crippen LogP contribution in [0.5, 0.6) is 0 Å². The third kappa shape index (κ3) is 2.85. The average Bonchev–Trinajstić information content (AvgIpc) is 2.29. The largest absolute Gasteiger partial charge is 0.323 e. The van der Waals surface area contributed by atoms with Crippen molar-refractivity contribution >= 4 is 11.6 Å². The fraction of sp³-hybridized carbons (Fsp3) is 0.182. The number of benzene rings is 1. The molecule has 1 rings (SSSR count). The van der Waals surface area contributed by atoms with Crippen LogP contribution in [0.25, 0.3) is 0 Å². The normalized spacial score (nSPS) is 10.9. The van der Waals surface area contributed by atoms with Gasteiger partial charge in [0.25, 0.3) is 0 Å². The molecule has 0 radical (unpaired) electrons. The molecule has 1 N–H and O–H groups in total. The zero-order chi connectivity index (χ0) is 12.2. The summed E-state index contributed by atoms with van der Waals surface area (Å²) in [5.41, 5.74) is -0.299.